The summed E-state index contributed by atoms with van der Waals surface area (Å²) in [6.45, 7) is 4.50. The quantitative estimate of drug-likeness (QED) is 0.521. The Labute approximate surface area is 197 Å². The lowest BCUT2D eigenvalue weighted by atomic mass is 9.51. The van der Waals surface area contributed by atoms with Gasteiger partial charge in [-0.3, -0.25) is 9.59 Å². The minimum absolute atomic E-state index is 0.129. The number of benzene rings is 1. The van der Waals surface area contributed by atoms with E-state index < -0.39 is 28.6 Å². The molecule has 1 unspecified atom stereocenters. The van der Waals surface area contributed by atoms with E-state index in [1.54, 1.807) is 30.5 Å². The van der Waals surface area contributed by atoms with E-state index >= 15 is 0 Å². The molecule has 1 aromatic heterocycles. The van der Waals surface area contributed by atoms with Crippen LogP contribution in [-0.2, 0) is 15.0 Å². The van der Waals surface area contributed by atoms with E-state index in [2.05, 4.69) is 24.1 Å². The first-order valence-electron chi connectivity index (χ1n) is 11.1. The van der Waals surface area contributed by atoms with Crippen LogP contribution < -0.4 is 5.32 Å². The molecule has 2 saturated carbocycles. The van der Waals surface area contributed by atoms with Gasteiger partial charge in [-0.25, -0.2) is 4.98 Å². The zero-order chi connectivity index (χ0) is 22.9. The van der Waals surface area contributed by atoms with Gasteiger partial charge in [0, 0.05) is 22.8 Å². The Morgan fingerprint density at radius 1 is 1.12 bits per heavy atom. The van der Waals surface area contributed by atoms with Crippen molar-refractivity contribution in [2.45, 2.75) is 57.3 Å². The number of pyridine rings is 1. The second kappa shape index (κ2) is 7.19. The maximum Gasteiger partial charge on any atom is 0.307 e. The van der Waals surface area contributed by atoms with Crippen LogP contribution in [-0.4, -0.2) is 22.0 Å². The summed E-state index contributed by atoms with van der Waals surface area (Å²) in [6.07, 6.45) is 5.54. The molecule has 0 saturated heterocycles. The summed E-state index contributed by atoms with van der Waals surface area (Å²) < 4.78 is 0. The molecule has 7 heteroatoms. The van der Waals surface area contributed by atoms with Gasteiger partial charge in [0.2, 0.25) is 5.91 Å². The number of nitrogens with one attached hydrogen (secondary N) is 1. The minimum atomic E-state index is -1.00. The molecule has 1 amide bonds. The number of hydrogen-bond acceptors (Lipinski definition) is 3. The number of anilines is 1. The summed E-state index contributed by atoms with van der Waals surface area (Å²) >= 11 is 12.5. The molecule has 0 bridgehead atoms. The number of fused-ring (bicyclic) bond motifs is 3. The lowest BCUT2D eigenvalue weighted by Gasteiger charge is -2.50. The maximum atomic E-state index is 14.0. The van der Waals surface area contributed by atoms with Crippen molar-refractivity contribution in [3.05, 3.63) is 57.8 Å². The van der Waals surface area contributed by atoms with Crippen LogP contribution in [0.4, 0.5) is 5.69 Å². The van der Waals surface area contributed by atoms with Crippen molar-refractivity contribution in [1.29, 1.82) is 0 Å². The van der Waals surface area contributed by atoms with Gasteiger partial charge in [0.05, 0.1) is 11.3 Å². The lowest BCUT2D eigenvalue weighted by Crippen LogP contribution is -2.52. The lowest BCUT2D eigenvalue weighted by molar-refractivity contribution is -0.142. The Kier molecular flexibility index (Phi) is 4.88. The zero-order valence-corrected chi connectivity index (χ0v) is 19.6. The first-order valence-corrected chi connectivity index (χ1v) is 11.8. The molecule has 5 nitrogen and oxygen atoms in total. The van der Waals surface area contributed by atoms with Crippen molar-refractivity contribution in [1.82, 2.24) is 4.98 Å². The summed E-state index contributed by atoms with van der Waals surface area (Å²) in [5.74, 6) is -2.26. The Morgan fingerprint density at radius 2 is 1.84 bits per heavy atom. The number of aromatic nitrogens is 1. The monoisotopic (exact) mass is 472 g/mol. The molecule has 3 aliphatic rings. The molecule has 2 spiro atoms. The van der Waals surface area contributed by atoms with E-state index in [1.165, 1.54) is 0 Å². The molecule has 3 atom stereocenters. The van der Waals surface area contributed by atoms with Crippen molar-refractivity contribution in [2.75, 3.05) is 5.32 Å². The van der Waals surface area contributed by atoms with Gasteiger partial charge in [0.25, 0.3) is 0 Å². The van der Waals surface area contributed by atoms with Crippen LogP contribution in [0.3, 0.4) is 0 Å². The second-order valence-corrected chi connectivity index (χ2v) is 11.3. The number of amides is 1. The number of carbonyl (C=O) groups excluding carboxylic acids is 1. The van der Waals surface area contributed by atoms with E-state index in [9.17, 15) is 14.7 Å². The molecule has 168 valence electrons. The van der Waals surface area contributed by atoms with Crippen molar-refractivity contribution < 1.29 is 14.7 Å². The highest BCUT2D eigenvalue weighted by molar-refractivity contribution is 6.31. The third kappa shape index (κ3) is 2.94. The highest BCUT2D eigenvalue weighted by Crippen LogP contribution is 2.72. The fraction of sp³-hybridized carbons (Fsp3) is 0.480. The van der Waals surface area contributed by atoms with Gasteiger partial charge in [0.15, 0.2) is 0 Å². The number of carboxylic acid groups (broad SMARTS) is 1. The van der Waals surface area contributed by atoms with E-state index in [1.807, 2.05) is 6.07 Å². The number of aliphatic carboxylic acids is 1. The molecule has 2 fully saturated rings. The third-order valence-corrected chi connectivity index (χ3v) is 8.76. The van der Waals surface area contributed by atoms with Gasteiger partial charge in [-0.05, 0) is 78.3 Å². The van der Waals surface area contributed by atoms with Crippen molar-refractivity contribution in [3.63, 3.8) is 0 Å². The van der Waals surface area contributed by atoms with Crippen LogP contribution >= 0.6 is 23.2 Å². The van der Waals surface area contributed by atoms with Crippen molar-refractivity contribution in [3.8, 4) is 0 Å². The number of nitrogens with zero attached hydrogens (tertiary/aromatic N) is 1. The van der Waals surface area contributed by atoms with Gasteiger partial charge >= 0.3 is 5.97 Å². The largest absolute Gasteiger partial charge is 0.481 e. The zero-order valence-electron chi connectivity index (χ0n) is 18.1. The van der Waals surface area contributed by atoms with Gasteiger partial charge in [-0.1, -0.05) is 43.1 Å². The number of carbonyl (C=O) groups is 2. The van der Waals surface area contributed by atoms with Crippen LogP contribution in [0.5, 0.6) is 0 Å². The molecule has 32 heavy (non-hydrogen) atoms. The SMILES string of the molecule is CC1(C)CCC2(CC1)C[C@@H](C(=O)O)[C@H](c1ccnc(Cl)c1)C21C(=O)Nc2cc(Cl)ccc21. The first-order chi connectivity index (χ1) is 15.1. The van der Waals surface area contributed by atoms with Gasteiger partial charge in [-0.15, -0.1) is 0 Å². The van der Waals surface area contributed by atoms with Gasteiger partial charge < -0.3 is 10.4 Å². The molecule has 0 radical (unpaired) electrons. The van der Waals surface area contributed by atoms with Crippen LogP contribution in [0.25, 0.3) is 0 Å². The molecular formula is C25H26Cl2N2O3. The minimum Gasteiger partial charge on any atom is -0.481 e. The van der Waals surface area contributed by atoms with Crippen LogP contribution in [0.1, 0.15) is 63.0 Å². The Hall–Kier alpha value is -2.11. The summed E-state index contributed by atoms with van der Waals surface area (Å²) in [4.78, 5) is 30.8. The van der Waals surface area contributed by atoms with Crippen LogP contribution in [0.2, 0.25) is 10.2 Å². The van der Waals surface area contributed by atoms with Crippen molar-refractivity contribution >= 4 is 40.8 Å². The van der Waals surface area contributed by atoms with Crippen molar-refractivity contribution in [2.24, 2.45) is 16.7 Å². The molecule has 2 heterocycles. The smallest absolute Gasteiger partial charge is 0.307 e. The van der Waals surface area contributed by atoms with Crippen LogP contribution in [0, 0.1) is 16.7 Å². The highest BCUT2D eigenvalue weighted by atomic mass is 35.5. The number of carboxylic acids is 1. The summed E-state index contributed by atoms with van der Waals surface area (Å²) in [5, 5.41) is 14.3. The average molecular weight is 473 g/mol. The molecule has 1 aromatic carbocycles. The summed E-state index contributed by atoms with van der Waals surface area (Å²) in [5.41, 5.74) is 0.987. The molecule has 5 rings (SSSR count). The second-order valence-electron chi connectivity index (χ2n) is 10.4. The van der Waals surface area contributed by atoms with Crippen LogP contribution in [0.15, 0.2) is 36.5 Å². The van der Waals surface area contributed by atoms with E-state index in [0.717, 1.165) is 36.8 Å². The molecule has 2 aliphatic carbocycles. The normalized spacial score (nSPS) is 29.8. The Bertz CT molecular complexity index is 1120. The Balaban J connectivity index is 1.81. The standard InChI is InChI=1S/C25H26Cl2N2O3/c1-23(2)6-8-24(9-7-23)13-16(21(30)31)20(14-5-10-28-19(27)11-14)25(24)17-4-3-15(26)12-18(17)29-22(25)32/h3-5,10-12,16,20H,6-9,13H2,1-2H3,(H,29,32)(H,30,31)/t16-,20+,25?/m1/s1. The topological polar surface area (TPSA) is 79.3 Å². The predicted molar refractivity (Wildman–Crippen MR) is 124 cm³/mol. The fourth-order valence-corrected chi connectivity index (χ4v) is 7.16. The third-order valence-electron chi connectivity index (χ3n) is 8.32. The first kappa shape index (κ1) is 21.7. The Morgan fingerprint density at radius 3 is 2.50 bits per heavy atom. The molecular weight excluding hydrogens is 447 g/mol. The van der Waals surface area contributed by atoms with E-state index in [-0.39, 0.29) is 11.3 Å². The van der Waals surface area contributed by atoms with Gasteiger partial charge in [-0.2, -0.15) is 0 Å². The number of rotatable bonds is 2. The van der Waals surface area contributed by atoms with E-state index in [0.29, 0.717) is 22.3 Å². The maximum absolute atomic E-state index is 14.0. The fourth-order valence-electron chi connectivity index (χ4n) is 6.80. The number of halogens is 2. The van der Waals surface area contributed by atoms with E-state index in [4.69, 9.17) is 23.2 Å². The summed E-state index contributed by atoms with van der Waals surface area (Å²) in [7, 11) is 0. The molecule has 1 aliphatic heterocycles. The number of hydrogen-bond donors (Lipinski definition) is 2. The highest BCUT2D eigenvalue weighted by Gasteiger charge is 2.72. The van der Waals surface area contributed by atoms with Gasteiger partial charge in [0.1, 0.15) is 5.15 Å². The summed E-state index contributed by atoms with van der Waals surface area (Å²) in [6, 6.07) is 9.01. The predicted octanol–water partition coefficient (Wildman–Crippen LogP) is 6.05. The molecule has 2 N–H and O–H groups in total. The average Bonchev–Trinajstić information content (AvgIpc) is 3.18. The molecule has 2 aromatic rings.